The molecule has 14 heavy (non-hydrogen) atoms. The van der Waals surface area contributed by atoms with Crippen molar-refractivity contribution in [3.63, 3.8) is 0 Å². The smallest absolute Gasteiger partial charge is 0.407 e. The van der Waals surface area contributed by atoms with E-state index < -0.39 is 6.09 Å². The molecule has 2 atom stereocenters. The highest BCUT2D eigenvalue weighted by atomic mass is 16.6. The Labute approximate surface area is 82.1 Å². The monoisotopic (exact) mass is 199 g/mol. The molecule has 5 heteroatoms. The molecule has 5 nitrogen and oxygen atoms in total. The van der Waals surface area contributed by atoms with Crippen molar-refractivity contribution in [3.05, 3.63) is 12.7 Å². The minimum Gasteiger partial charge on any atom is -0.460 e. The van der Waals surface area contributed by atoms with Crippen LogP contribution in [0, 0.1) is 0 Å². The number of cyclic esters (lactones) is 1. The Kier molecular flexibility index (Phi) is 3.50. The summed E-state index contributed by atoms with van der Waals surface area (Å²) in [5.41, 5.74) is 0. The van der Waals surface area contributed by atoms with Crippen molar-refractivity contribution in [2.45, 2.75) is 25.5 Å². The highest BCUT2D eigenvalue weighted by molar-refractivity contribution is 5.75. The Morgan fingerprint density at radius 2 is 2.57 bits per heavy atom. The van der Waals surface area contributed by atoms with Crippen LogP contribution in [-0.2, 0) is 14.3 Å². The quantitative estimate of drug-likeness (QED) is 0.534. The molecule has 78 valence electrons. The number of rotatable bonds is 3. The van der Waals surface area contributed by atoms with Crippen molar-refractivity contribution in [2.24, 2.45) is 0 Å². The minimum absolute atomic E-state index is 0.155. The lowest BCUT2D eigenvalue weighted by Gasteiger charge is -2.13. The van der Waals surface area contributed by atoms with E-state index in [1.807, 2.05) is 0 Å². The summed E-state index contributed by atoms with van der Waals surface area (Å²) in [6.07, 6.45) is 0.822. The molecule has 0 aromatic rings. The summed E-state index contributed by atoms with van der Waals surface area (Å²) < 4.78 is 9.55. The van der Waals surface area contributed by atoms with E-state index in [1.165, 1.54) is 6.08 Å². The SMILES string of the molecule is C=CCOC(=O)N[C@H]1CC(=O)OC1C. The molecule has 1 aliphatic heterocycles. The minimum atomic E-state index is -0.556. The van der Waals surface area contributed by atoms with Crippen LogP contribution in [0.4, 0.5) is 4.79 Å². The van der Waals surface area contributed by atoms with Crippen LogP contribution in [0.5, 0.6) is 0 Å². The summed E-state index contributed by atoms with van der Waals surface area (Å²) in [6.45, 7) is 5.29. The van der Waals surface area contributed by atoms with Crippen LogP contribution >= 0.6 is 0 Å². The Hall–Kier alpha value is -1.52. The van der Waals surface area contributed by atoms with Gasteiger partial charge >= 0.3 is 12.1 Å². The zero-order valence-electron chi connectivity index (χ0n) is 7.99. The first-order valence-electron chi connectivity index (χ1n) is 4.37. The molecule has 1 fully saturated rings. The Morgan fingerprint density at radius 3 is 3.07 bits per heavy atom. The first-order valence-corrected chi connectivity index (χ1v) is 4.37. The van der Waals surface area contributed by atoms with Gasteiger partial charge in [-0.2, -0.15) is 0 Å². The van der Waals surface area contributed by atoms with Gasteiger partial charge in [0.15, 0.2) is 0 Å². The predicted octanol–water partition coefficient (Wildman–Crippen LogP) is 0.603. The molecule has 1 unspecified atom stereocenters. The number of carbonyl (C=O) groups is 2. The lowest BCUT2D eigenvalue weighted by atomic mass is 10.2. The second kappa shape index (κ2) is 4.64. The van der Waals surface area contributed by atoms with Crippen molar-refractivity contribution in [1.82, 2.24) is 5.32 Å². The number of ether oxygens (including phenoxy) is 2. The van der Waals surface area contributed by atoms with Gasteiger partial charge < -0.3 is 14.8 Å². The predicted molar refractivity (Wildman–Crippen MR) is 48.6 cm³/mol. The molecule has 0 aromatic heterocycles. The van der Waals surface area contributed by atoms with Gasteiger partial charge in [0.2, 0.25) is 0 Å². The third kappa shape index (κ3) is 2.76. The largest absolute Gasteiger partial charge is 0.460 e. The van der Waals surface area contributed by atoms with Crippen LogP contribution in [0.1, 0.15) is 13.3 Å². The summed E-state index contributed by atoms with van der Waals surface area (Å²) in [7, 11) is 0. The summed E-state index contributed by atoms with van der Waals surface area (Å²) in [5.74, 6) is -0.300. The van der Waals surface area contributed by atoms with Gasteiger partial charge in [0.1, 0.15) is 12.7 Å². The van der Waals surface area contributed by atoms with Gasteiger partial charge in [-0.05, 0) is 6.92 Å². The molecule has 1 rings (SSSR count). The van der Waals surface area contributed by atoms with Gasteiger partial charge in [-0.25, -0.2) is 4.79 Å². The zero-order valence-corrected chi connectivity index (χ0v) is 7.99. The third-order valence-corrected chi connectivity index (χ3v) is 1.91. The van der Waals surface area contributed by atoms with Crippen molar-refractivity contribution < 1.29 is 19.1 Å². The van der Waals surface area contributed by atoms with Gasteiger partial charge in [0.05, 0.1) is 12.5 Å². The second-order valence-electron chi connectivity index (χ2n) is 3.04. The molecule has 0 saturated carbocycles. The molecule has 1 amide bonds. The van der Waals surface area contributed by atoms with Gasteiger partial charge in [0, 0.05) is 0 Å². The maximum Gasteiger partial charge on any atom is 0.407 e. The van der Waals surface area contributed by atoms with E-state index in [4.69, 9.17) is 9.47 Å². The van der Waals surface area contributed by atoms with E-state index in [-0.39, 0.29) is 31.1 Å². The average Bonchev–Trinajstić information content (AvgIpc) is 2.42. The van der Waals surface area contributed by atoms with E-state index >= 15 is 0 Å². The molecule has 1 saturated heterocycles. The second-order valence-corrected chi connectivity index (χ2v) is 3.04. The Balaban J connectivity index is 2.33. The fourth-order valence-corrected chi connectivity index (χ4v) is 1.18. The van der Waals surface area contributed by atoms with Crippen molar-refractivity contribution in [1.29, 1.82) is 0 Å². The normalized spacial score (nSPS) is 25.4. The molecule has 1 N–H and O–H groups in total. The van der Waals surface area contributed by atoms with E-state index in [9.17, 15) is 9.59 Å². The number of nitrogens with one attached hydrogen (secondary N) is 1. The van der Waals surface area contributed by atoms with E-state index in [0.717, 1.165) is 0 Å². The number of amides is 1. The third-order valence-electron chi connectivity index (χ3n) is 1.91. The fraction of sp³-hybridized carbons (Fsp3) is 0.556. The lowest BCUT2D eigenvalue weighted by molar-refractivity contribution is -0.140. The summed E-state index contributed by atoms with van der Waals surface area (Å²) >= 11 is 0. The van der Waals surface area contributed by atoms with Crippen LogP contribution in [0.2, 0.25) is 0 Å². The highest BCUT2D eigenvalue weighted by Gasteiger charge is 2.32. The van der Waals surface area contributed by atoms with Crippen LogP contribution in [-0.4, -0.2) is 30.8 Å². The summed E-state index contributed by atoms with van der Waals surface area (Å²) in [4.78, 5) is 21.9. The first kappa shape index (κ1) is 10.6. The number of hydrogen-bond acceptors (Lipinski definition) is 4. The Bertz CT molecular complexity index is 251. The van der Waals surface area contributed by atoms with Crippen molar-refractivity contribution in [2.75, 3.05) is 6.61 Å². The van der Waals surface area contributed by atoms with Crippen LogP contribution in [0.25, 0.3) is 0 Å². The summed E-state index contributed by atoms with van der Waals surface area (Å²) in [6, 6.07) is -0.292. The molecule has 1 aliphatic rings. The summed E-state index contributed by atoms with van der Waals surface area (Å²) in [5, 5.41) is 2.54. The van der Waals surface area contributed by atoms with E-state index in [2.05, 4.69) is 11.9 Å². The molecule has 0 radical (unpaired) electrons. The number of alkyl carbamates (subject to hydrolysis) is 1. The highest BCUT2D eigenvalue weighted by Crippen LogP contribution is 2.14. The molecular weight excluding hydrogens is 186 g/mol. The molecule has 0 aromatic carbocycles. The van der Waals surface area contributed by atoms with Crippen LogP contribution < -0.4 is 5.32 Å². The molecular formula is C9H13NO4. The Morgan fingerprint density at radius 1 is 1.86 bits per heavy atom. The first-order chi connectivity index (χ1) is 6.63. The average molecular weight is 199 g/mol. The topological polar surface area (TPSA) is 64.6 Å². The standard InChI is InChI=1S/C9H13NO4/c1-3-4-13-9(12)10-7-5-8(11)14-6(7)2/h3,6-7H,1,4-5H2,2H3,(H,10,12)/t6?,7-/m0/s1. The van der Waals surface area contributed by atoms with Gasteiger partial charge in [-0.3, -0.25) is 4.79 Å². The maximum atomic E-state index is 11.1. The van der Waals surface area contributed by atoms with E-state index in [1.54, 1.807) is 6.92 Å². The number of esters is 1. The van der Waals surface area contributed by atoms with E-state index in [0.29, 0.717) is 0 Å². The molecule has 0 bridgehead atoms. The molecule has 0 aliphatic carbocycles. The number of carbonyl (C=O) groups excluding carboxylic acids is 2. The van der Waals surface area contributed by atoms with Gasteiger partial charge in [-0.1, -0.05) is 12.7 Å². The zero-order chi connectivity index (χ0) is 10.6. The number of hydrogen-bond donors (Lipinski definition) is 1. The van der Waals surface area contributed by atoms with Gasteiger partial charge in [-0.15, -0.1) is 0 Å². The van der Waals surface area contributed by atoms with Crippen LogP contribution in [0.15, 0.2) is 12.7 Å². The van der Waals surface area contributed by atoms with Crippen LogP contribution in [0.3, 0.4) is 0 Å². The van der Waals surface area contributed by atoms with Crippen molar-refractivity contribution in [3.8, 4) is 0 Å². The van der Waals surface area contributed by atoms with Gasteiger partial charge in [0.25, 0.3) is 0 Å². The maximum absolute atomic E-state index is 11.1. The lowest BCUT2D eigenvalue weighted by Crippen LogP contribution is -2.39. The van der Waals surface area contributed by atoms with Crippen molar-refractivity contribution >= 4 is 12.1 Å². The molecule has 0 spiro atoms. The molecule has 1 heterocycles. The fourth-order valence-electron chi connectivity index (χ4n) is 1.18.